The van der Waals surface area contributed by atoms with Crippen LogP contribution in [0.3, 0.4) is 0 Å². The molecule has 0 saturated heterocycles. The Morgan fingerprint density at radius 1 is 1.18 bits per heavy atom. The van der Waals surface area contributed by atoms with E-state index in [4.69, 9.17) is 10.00 Å². The lowest BCUT2D eigenvalue weighted by Crippen LogP contribution is -2.50. The van der Waals surface area contributed by atoms with Gasteiger partial charge in [-0.15, -0.1) is 0 Å². The summed E-state index contributed by atoms with van der Waals surface area (Å²) >= 11 is 0. The number of sulfonamides is 1. The predicted octanol–water partition coefficient (Wildman–Crippen LogP) is 3.66. The van der Waals surface area contributed by atoms with Crippen LogP contribution in [-0.4, -0.2) is 72.5 Å². The molecule has 3 atom stereocenters. The number of carbonyl (C=O) groups is 1. The average Bonchev–Trinajstić information content (AvgIpc) is 2.98. The van der Waals surface area contributed by atoms with Gasteiger partial charge in [0.15, 0.2) is 0 Å². The molecule has 0 spiro atoms. The van der Waals surface area contributed by atoms with E-state index < -0.39 is 22.2 Å². The first kappa shape index (κ1) is 29.0. The number of nitriles is 1. The van der Waals surface area contributed by atoms with Crippen molar-refractivity contribution in [1.29, 1.82) is 5.26 Å². The first-order valence-corrected chi connectivity index (χ1v) is 14.4. The van der Waals surface area contributed by atoms with Gasteiger partial charge in [0.05, 0.1) is 35.7 Å². The molecule has 1 aliphatic heterocycles. The molecule has 0 unspecified atom stereocenters. The summed E-state index contributed by atoms with van der Waals surface area (Å²) in [4.78, 5) is 19.7. The van der Waals surface area contributed by atoms with Gasteiger partial charge in [-0.25, -0.2) is 13.4 Å². The fourth-order valence-electron chi connectivity index (χ4n) is 4.42. The van der Waals surface area contributed by atoms with Crippen LogP contribution in [0.4, 0.5) is 0 Å². The van der Waals surface area contributed by atoms with Crippen molar-refractivity contribution < 1.29 is 23.1 Å². The second-order valence-corrected chi connectivity index (χ2v) is 12.0. The van der Waals surface area contributed by atoms with Crippen molar-refractivity contribution in [2.24, 2.45) is 5.92 Å². The smallest absolute Gasteiger partial charge is 0.259 e. The summed E-state index contributed by atoms with van der Waals surface area (Å²) < 4.78 is 34.0. The van der Waals surface area contributed by atoms with E-state index in [1.165, 1.54) is 35.6 Å². The van der Waals surface area contributed by atoms with Gasteiger partial charge in [-0.2, -0.15) is 9.57 Å². The Hall–Kier alpha value is -4.04. The van der Waals surface area contributed by atoms with Crippen molar-refractivity contribution in [3.05, 3.63) is 89.1 Å². The molecule has 10 heteroatoms. The first-order valence-electron chi connectivity index (χ1n) is 12.9. The van der Waals surface area contributed by atoms with E-state index in [0.717, 1.165) is 5.56 Å². The number of aliphatic hydroxyl groups is 1. The van der Waals surface area contributed by atoms with Crippen LogP contribution in [0.25, 0.3) is 12.2 Å². The minimum Gasteiger partial charge on any atom is -0.472 e. The van der Waals surface area contributed by atoms with Crippen molar-refractivity contribution in [3.63, 3.8) is 0 Å². The number of carbonyl (C=O) groups excluding carboxylic acids is 1. The second-order valence-electron chi connectivity index (χ2n) is 9.91. The van der Waals surface area contributed by atoms with Gasteiger partial charge < -0.3 is 14.7 Å². The van der Waals surface area contributed by atoms with Gasteiger partial charge >= 0.3 is 0 Å². The third-order valence-corrected chi connectivity index (χ3v) is 8.78. The van der Waals surface area contributed by atoms with Crippen molar-refractivity contribution >= 4 is 28.1 Å². The highest BCUT2D eigenvalue weighted by Gasteiger charge is 2.35. The Balaban J connectivity index is 1.66. The highest BCUT2D eigenvalue weighted by atomic mass is 32.2. The Morgan fingerprint density at radius 2 is 1.85 bits per heavy atom. The zero-order chi connectivity index (χ0) is 28.9. The van der Waals surface area contributed by atoms with E-state index in [0.29, 0.717) is 11.1 Å². The number of pyridine rings is 1. The summed E-state index contributed by atoms with van der Waals surface area (Å²) in [6.45, 7) is 3.65. The lowest BCUT2D eigenvalue weighted by molar-refractivity contribution is 0.0373. The molecule has 0 bridgehead atoms. The van der Waals surface area contributed by atoms with Gasteiger partial charge in [-0.1, -0.05) is 49.4 Å². The zero-order valence-corrected chi connectivity index (χ0v) is 23.5. The number of amides is 1. The summed E-state index contributed by atoms with van der Waals surface area (Å²) in [5.41, 5.74) is 2.29. The number of nitrogens with zero attached hydrogens (tertiary/aromatic N) is 4. The molecule has 4 rings (SSSR count). The topological polar surface area (TPSA) is 124 Å². The molecule has 3 aromatic rings. The van der Waals surface area contributed by atoms with E-state index in [1.807, 2.05) is 55.5 Å². The third-order valence-electron chi connectivity index (χ3n) is 6.94. The number of benzene rings is 2. The molecule has 2 aromatic carbocycles. The molecule has 1 N–H and O–H groups in total. The number of aromatic nitrogens is 1. The van der Waals surface area contributed by atoms with E-state index in [-0.39, 0.29) is 47.9 Å². The monoisotopic (exact) mass is 560 g/mol. The fourth-order valence-corrected chi connectivity index (χ4v) is 5.60. The van der Waals surface area contributed by atoms with Crippen molar-refractivity contribution in [3.8, 4) is 11.9 Å². The molecule has 9 nitrogen and oxygen atoms in total. The summed E-state index contributed by atoms with van der Waals surface area (Å²) in [6.07, 6.45) is 4.73. The molecule has 208 valence electrons. The molecule has 40 heavy (non-hydrogen) atoms. The number of rotatable bonds is 8. The number of likely N-dealkylation sites (N-methyl/N-ethyl adjacent to an activating group) is 1. The summed E-state index contributed by atoms with van der Waals surface area (Å²) in [5.74, 6) is -0.496. The molecule has 0 radical (unpaired) electrons. The van der Waals surface area contributed by atoms with Crippen LogP contribution in [-0.2, 0) is 10.0 Å². The molecule has 0 aliphatic carbocycles. The highest BCUT2D eigenvalue weighted by molar-refractivity contribution is 7.89. The molecular weight excluding hydrogens is 528 g/mol. The molecule has 2 heterocycles. The summed E-state index contributed by atoms with van der Waals surface area (Å²) in [7, 11) is -2.41. The van der Waals surface area contributed by atoms with E-state index in [1.54, 1.807) is 24.1 Å². The van der Waals surface area contributed by atoms with Crippen LogP contribution in [0.1, 0.15) is 40.9 Å². The standard InChI is InChI=1S/C30H32N4O5S/c1-21-18-34(22(2)20-35)30(36)27-15-25(10-9-23-7-5-4-6-8-23)17-32-29(27)39-28(21)19-33(3)40(37,38)26-13-11-24(16-31)12-14-26/h4-15,17,21-22,28,35H,18-20H2,1-3H3/b10-9+/t21-,22+,28-/m0/s1. The molecule has 0 fully saturated rings. The van der Waals surface area contributed by atoms with Crippen LogP contribution in [0.2, 0.25) is 0 Å². The molecular formula is C30H32N4O5S. The van der Waals surface area contributed by atoms with Crippen LogP contribution >= 0.6 is 0 Å². The average molecular weight is 561 g/mol. The van der Waals surface area contributed by atoms with E-state index in [2.05, 4.69) is 4.98 Å². The van der Waals surface area contributed by atoms with Gasteiger partial charge in [-0.05, 0) is 48.4 Å². The maximum absolute atomic E-state index is 13.6. The van der Waals surface area contributed by atoms with Gasteiger partial charge in [0, 0.05) is 25.7 Å². The van der Waals surface area contributed by atoms with Crippen molar-refractivity contribution in [2.75, 3.05) is 26.7 Å². The third kappa shape index (κ3) is 6.39. The van der Waals surface area contributed by atoms with Crippen molar-refractivity contribution in [2.45, 2.75) is 30.9 Å². The predicted molar refractivity (Wildman–Crippen MR) is 152 cm³/mol. The van der Waals surface area contributed by atoms with Gasteiger partial charge in [-0.3, -0.25) is 4.79 Å². The summed E-state index contributed by atoms with van der Waals surface area (Å²) in [6, 6.07) is 18.7. The molecule has 0 saturated carbocycles. The highest BCUT2D eigenvalue weighted by Crippen LogP contribution is 2.28. The number of fused-ring (bicyclic) bond motifs is 1. The lowest BCUT2D eigenvalue weighted by Gasteiger charge is -2.37. The summed E-state index contributed by atoms with van der Waals surface area (Å²) in [5, 5.41) is 18.9. The zero-order valence-electron chi connectivity index (χ0n) is 22.6. The minimum absolute atomic E-state index is 0.00415. The molecule has 1 aliphatic rings. The number of ether oxygens (including phenoxy) is 1. The Kier molecular flexibility index (Phi) is 9.00. The minimum atomic E-state index is -3.88. The molecule has 1 aromatic heterocycles. The van der Waals surface area contributed by atoms with Crippen LogP contribution < -0.4 is 4.74 Å². The fraction of sp³-hybridized carbons (Fsp3) is 0.300. The first-order chi connectivity index (χ1) is 19.1. The van der Waals surface area contributed by atoms with E-state index >= 15 is 0 Å². The van der Waals surface area contributed by atoms with Gasteiger partial charge in [0.1, 0.15) is 11.7 Å². The second kappa shape index (κ2) is 12.4. The maximum atomic E-state index is 13.6. The van der Waals surface area contributed by atoms with Crippen molar-refractivity contribution in [1.82, 2.24) is 14.2 Å². The lowest BCUT2D eigenvalue weighted by atomic mass is 10.00. The quantitative estimate of drug-likeness (QED) is 0.446. The van der Waals surface area contributed by atoms with Gasteiger partial charge in [0.2, 0.25) is 15.9 Å². The number of hydrogen-bond donors (Lipinski definition) is 1. The Bertz CT molecular complexity index is 1520. The Morgan fingerprint density at radius 3 is 2.50 bits per heavy atom. The Labute approximate surface area is 235 Å². The van der Waals surface area contributed by atoms with Gasteiger partial charge in [0.25, 0.3) is 5.91 Å². The largest absolute Gasteiger partial charge is 0.472 e. The van der Waals surface area contributed by atoms with E-state index in [9.17, 15) is 18.3 Å². The number of aliphatic hydroxyl groups excluding tert-OH is 1. The van der Waals surface area contributed by atoms with Crippen LogP contribution in [0.5, 0.6) is 5.88 Å². The normalized spacial score (nSPS) is 18.5. The molecule has 1 amide bonds. The number of hydrogen-bond acceptors (Lipinski definition) is 7. The van der Waals surface area contributed by atoms with Crippen LogP contribution in [0.15, 0.2) is 71.8 Å². The van der Waals surface area contributed by atoms with Crippen LogP contribution in [0, 0.1) is 17.2 Å². The maximum Gasteiger partial charge on any atom is 0.259 e. The SMILES string of the molecule is C[C@H](CO)N1C[C@H](C)[C@H](CN(C)S(=O)(=O)c2ccc(C#N)cc2)Oc2ncc(/C=C/c3ccccc3)cc2C1=O.